The van der Waals surface area contributed by atoms with Gasteiger partial charge in [-0.2, -0.15) is 0 Å². The van der Waals surface area contributed by atoms with Crippen molar-refractivity contribution in [3.8, 4) is 0 Å². The molecule has 0 aromatic heterocycles. The highest BCUT2D eigenvalue weighted by Gasteiger charge is 2.30. The second kappa shape index (κ2) is 5.82. The van der Waals surface area contributed by atoms with Crippen molar-refractivity contribution in [2.45, 2.75) is 19.9 Å². The van der Waals surface area contributed by atoms with Crippen molar-refractivity contribution in [1.29, 1.82) is 0 Å². The Labute approximate surface area is 80.3 Å². The number of hydrogen-bond donors (Lipinski definition) is 1. The number of aliphatic carboxylic acids is 1. The third-order valence-corrected chi connectivity index (χ3v) is 1.57. The summed E-state index contributed by atoms with van der Waals surface area (Å²) in [5, 5.41) is 11.7. The van der Waals surface area contributed by atoms with Crippen molar-refractivity contribution in [1.82, 2.24) is 0 Å². The van der Waals surface area contributed by atoms with Crippen molar-refractivity contribution in [3.63, 3.8) is 0 Å². The minimum atomic E-state index is -1.31. The summed E-state index contributed by atoms with van der Waals surface area (Å²) in [5.74, 6) is -3.12. The minimum absolute atomic E-state index is 0.114. The van der Waals surface area contributed by atoms with Crippen molar-refractivity contribution < 1.29 is 19.4 Å². The van der Waals surface area contributed by atoms with Crippen LogP contribution in [0.4, 0.5) is 0 Å². The van der Waals surface area contributed by atoms with Gasteiger partial charge in [-0.1, -0.05) is 12.0 Å². The van der Waals surface area contributed by atoms with Crippen LogP contribution in [0.1, 0.15) is 13.8 Å². The molecule has 0 rings (SSSR count). The van der Waals surface area contributed by atoms with E-state index in [1.807, 2.05) is 0 Å². The number of azide groups is 1. The zero-order chi connectivity index (χ0) is 11.1. The Morgan fingerprint density at radius 1 is 1.64 bits per heavy atom. The molecule has 0 heterocycles. The average Bonchev–Trinajstić information content (AvgIpc) is 2.13. The molecular weight excluding hydrogens is 190 g/mol. The summed E-state index contributed by atoms with van der Waals surface area (Å²) in [4.78, 5) is 24.1. The van der Waals surface area contributed by atoms with Gasteiger partial charge in [0, 0.05) is 4.91 Å². The maximum Gasteiger partial charge on any atom is 0.315 e. The third kappa shape index (κ3) is 3.32. The number of esters is 1. The first kappa shape index (κ1) is 12.2. The van der Waals surface area contributed by atoms with E-state index in [-0.39, 0.29) is 6.61 Å². The van der Waals surface area contributed by atoms with Gasteiger partial charge in [-0.05, 0) is 12.5 Å². The molecule has 0 bridgehead atoms. The molecule has 1 N–H and O–H groups in total. The third-order valence-electron chi connectivity index (χ3n) is 1.57. The lowest BCUT2D eigenvalue weighted by Crippen LogP contribution is -2.32. The average molecular weight is 201 g/mol. The molecule has 0 radical (unpaired) electrons. The molecule has 0 amide bonds. The lowest BCUT2D eigenvalue weighted by atomic mass is 10.0. The van der Waals surface area contributed by atoms with E-state index < -0.39 is 23.9 Å². The number of nitrogens with zero attached hydrogens (tertiary/aromatic N) is 3. The molecule has 0 fully saturated rings. The summed E-state index contributed by atoms with van der Waals surface area (Å²) >= 11 is 0. The first-order valence-electron chi connectivity index (χ1n) is 3.98. The van der Waals surface area contributed by atoms with E-state index in [1.54, 1.807) is 6.92 Å². The summed E-state index contributed by atoms with van der Waals surface area (Å²) in [6.07, 6.45) is 0. The standard InChI is InChI=1S/C7H11N3O4/c1-3-14-7(13)5(9-10-8)4(2)6(11)12/h4-5H,3H2,1-2H3,(H,11,12)/t4-,5+/m0/s1. The van der Waals surface area contributed by atoms with Crippen LogP contribution in [0.15, 0.2) is 5.11 Å². The second-order valence-electron chi connectivity index (χ2n) is 2.53. The van der Waals surface area contributed by atoms with Gasteiger partial charge in [0.2, 0.25) is 0 Å². The minimum Gasteiger partial charge on any atom is -0.481 e. The van der Waals surface area contributed by atoms with Crippen LogP contribution >= 0.6 is 0 Å². The Bertz CT molecular complexity index is 272. The molecule has 0 saturated heterocycles. The van der Waals surface area contributed by atoms with Gasteiger partial charge in [0.05, 0.1) is 12.5 Å². The normalized spacial score (nSPS) is 13.6. The van der Waals surface area contributed by atoms with E-state index >= 15 is 0 Å². The maximum absolute atomic E-state index is 11.1. The smallest absolute Gasteiger partial charge is 0.315 e. The van der Waals surface area contributed by atoms with Crippen molar-refractivity contribution in [2.24, 2.45) is 11.0 Å². The summed E-state index contributed by atoms with van der Waals surface area (Å²) in [7, 11) is 0. The van der Waals surface area contributed by atoms with Gasteiger partial charge >= 0.3 is 11.9 Å². The van der Waals surface area contributed by atoms with Crippen molar-refractivity contribution in [3.05, 3.63) is 10.4 Å². The van der Waals surface area contributed by atoms with Gasteiger partial charge in [0.1, 0.15) is 6.04 Å². The lowest BCUT2D eigenvalue weighted by Gasteiger charge is -2.13. The summed E-state index contributed by atoms with van der Waals surface area (Å²) < 4.78 is 4.56. The molecule has 0 aliphatic carbocycles. The van der Waals surface area contributed by atoms with Gasteiger partial charge < -0.3 is 9.84 Å². The zero-order valence-electron chi connectivity index (χ0n) is 7.88. The molecule has 0 unspecified atom stereocenters. The van der Waals surface area contributed by atoms with E-state index in [0.717, 1.165) is 0 Å². The van der Waals surface area contributed by atoms with Crippen LogP contribution < -0.4 is 0 Å². The quantitative estimate of drug-likeness (QED) is 0.308. The molecular formula is C7H11N3O4. The van der Waals surface area contributed by atoms with Crippen molar-refractivity contribution in [2.75, 3.05) is 6.61 Å². The van der Waals surface area contributed by atoms with Gasteiger partial charge in [-0.3, -0.25) is 9.59 Å². The molecule has 7 nitrogen and oxygen atoms in total. The molecule has 2 atom stereocenters. The summed E-state index contributed by atoms with van der Waals surface area (Å²) in [6, 6.07) is -1.31. The van der Waals surface area contributed by atoms with Crippen LogP contribution in [-0.4, -0.2) is 29.7 Å². The van der Waals surface area contributed by atoms with Gasteiger partial charge in [0.15, 0.2) is 0 Å². The predicted octanol–water partition coefficient (Wildman–Crippen LogP) is 0.949. The van der Waals surface area contributed by atoms with E-state index in [2.05, 4.69) is 14.8 Å². The molecule has 0 spiro atoms. The Hall–Kier alpha value is -1.75. The van der Waals surface area contributed by atoms with E-state index in [0.29, 0.717) is 0 Å². The number of ether oxygens (including phenoxy) is 1. The number of carboxylic acids is 1. The molecule has 0 aromatic carbocycles. The number of carbonyl (C=O) groups is 2. The van der Waals surface area contributed by atoms with Crippen LogP contribution in [0.25, 0.3) is 10.4 Å². The summed E-state index contributed by atoms with van der Waals surface area (Å²) in [5.41, 5.74) is 8.14. The SMILES string of the molecule is CCOC(=O)[C@H](N=[N+]=[N-])[C@H](C)C(=O)O. The van der Waals surface area contributed by atoms with Crippen LogP contribution in [-0.2, 0) is 14.3 Å². The van der Waals surface area contributed by atoms with Crippen LogP contribution in [0.3, 0.4) is 0 Å². The van der Waals surface area contributed by atoms with Crippen molar-refractivity contribution >= 4 is 11.9 Å². The van der Waals surface area contributed by atoms with E-state index in [1.165, 1.54) is 6.92 Å². The highest BCUT2D eigenvalue weighted by Crippen LogP contribution is 2.10. The Balaban J connectivity index is 4.66. The zero-order valence-corrected chi connectivity index (χ0v) is 7.88. The Kier molecular flexibility index (Phi) is 5.09. The van der Waals surface area contributed by atoms with E-state index in [9.17, 15) is 9.59 Å². The highest BCUT2D eigenvalue weighted by atomic mass is 16.5. The number of rotatable bonds is 5. The molecule has 0 aliphatic rings. The van der Waals surface area contributed by atoms with Gasteiger partial charge in [0.25, 0.3) is 0 Å². The predicted molar refractivity (Wildman–Crippen MR) is 46.4 cm³/mol. The molecule has 7 heteroatoms. The van der Waals surface area contributed by atoms with Crippen LogP contribution in [0.2, 0.25) is 0 Å². The molecule has 0 saturated carbocycles. The molecule has 0 aliphatic heterocycles. The number of hydrogen-bond acceptors (Lipinski definition) is 4. The fourth-order valence-electron chi connectivity index (χ4n) is 0.770. The first-order chi connectivity index (χ1) is 6.54. The van der Waals surface area contributed by atoms with Gasteiger partial charge in [-0.15, -0.1) is 0 Å². The molecule has 78 valence electrons. The maximum atomic E-state index is 11.1. The Morgan fingerprint density at radius 3 is 2.57 bits per heavy atom. The Morgan fingerprint density at radius 2 is 2.21 bits per heavy atom. The molecule has 14 heavy (non-hydrogen) atoms. The summed E-state index contributed by atoms with van der Waals surface area (Å²) in [6.45, 7) is 2.97. The second-order valence-corrected chi connectivity index (χ2v) is 2.53. The fourth-order valence-corrected chi connectivity index (χ4v) is 0.770. The van der Waals surface area contributed by atoms with Crippen LogP contribution in [0, 0.1) is 5.92 Å². The number of carbonyl (C=O) groups excluding carboxylic acids is 1. The van der Waals surface area contributed by atoms with E-state index in [4.69, 9.17) is 10.6 Å². The van der Waals surface area contributed by atoms with Crippen LogP contribution in [0.5, 0.6) is 0 Å². The first-order valence-corrected chi connectivity index (χ1v) is 3.98. The highest BCUT2D eigenvalue weighted by molar-refractivity contribution is 5.83. The lowest BCUT2D eigenvalue weighted by molar-refractivity contribution is -0.152. The fraction of sp³-hybridized carbons (Fsp3) is 0.714. The monoisotopic (exact) mass is 201 g/mol. The topological polar surface area (TPSA) is 112 Å². The molecule has 0 aromatic rings. The largest absolute Gasteiger partial charge is 0.481 e. The van der Waals surface area contributed by atoms with Gasteiger partial charge in [-0.25, -0.2) is 0 Å². The number of carboxylic acid groups (broad SMARTS) is 1.